The third-order valence-corrected chi connectivity index (χ3v) is 4.36. The molecule has 98 valence electrons. The van der Waals surface area contributed by atoms with Crippen molar-refractivity contribution in [3.8, 4) is 16.3 Å². The third-order valence-electron chi connectivity index (χ3n) is 3.20. The Kier molecular flexibility index (Phi) is 2.74. The first-order valence-electron chi connectivity index (χ1n) is 5.77. The summed E-state index contributed by atoms with van der Waals surface area (Å²) in [6.07, 6.45) is 1.23. The molecular weight excluding hydrogens is 269 g/mol. The highest BCUT2D eigenvalue weighted by atomic mass is 32.1. The van der Waals surface area contributed by atoms with Gasteiger partial charge in [0.2, 0.25) is 0 Å². The van der Waals surface area contributed by atoms with Gasteiger partial charge in [0.05, 0.1) is 5.69 Å². The van der Waals surface area contributed by atoms with Crippen molar-refractivity contribution in [1.82, 2.24) is 4.98 Å². The number of phenols is 1. The number of aromatic nitrogens is 1. The average Bonchev–Trinajstić information content (AvgIpc) is 2.87. The first-order valence-corrected chi connectivity index (χ1v) is 6.59. The molecule has 2 aromatic rings. The second kappa shape index (κ2) is 4.31. The maximum absolute atomic E-state index is 13.7. The van der Waals surface area contributed by atoms with Crippen molar-refractivity contribution >= 4 is 17.3 Å². The fraction of sp³-hybridized carbons (Fsp3) is 0.231. The van der Waals surface area contributed by atoms with Crippen molar-refractivity contribution in [3.63, 3.8) is 0 Å². The molecule has 1 aliphatic carbocycles. The summed E-state index contributed by atoms with van der Waals surface area (Å²) in [4.78, 5) is 16.3. The largest absolute Gasteiger partial charge is 0.508 e. The Morgan fingerprint density at radius 2 is 2.26 bits per heavy atom. The molecule has 2 N–H and O–H groups in total. The number of rotatable bonds is 2. The van der Waals surface area contributed by atoms with Crippen LogP contribution in [-0.2, 0) is 11.2 Å². The molecule has 1 aromatic heterocycles. The van der Waals surface area contributed by atoms with Crippen LogP contribution in [0.15, 0.2) is 18.2 Å². The van der Waals surface area contributed by atoms with E-state index in [-0.39, 0.29) is 5.75 Å². The van der Waals surface area contributed by atoms with Gasteiger partial charge < -0.3 is 10.2 Å². The molecule has 4 nitrogen and oxygen atoms in total. The summed E-state index contributed by atoms with van der Waals surface area (Å²) < 4.78 is 13.7. The maximum atomic E-state index is 13.7. The average molecular weight is 279 g/mol. The molecule has 0 radical (unpaired) electrons. The van der Waals surface area contributed by atoms with Crippen molar-refractivity contribution < 1.29 is 19.4 Å². The lowest BCUT2D eigenvalue weighted by molar-refractivity contribution is -0.138. The summed E-state index contributed by atoms with van der Waals surface area (Å²) in [6, 6.07) is 3.87. The van der Waals surface area contributed by atoms with Gasteiger partial charge in [-0.3, -0.25) is 4.79 Å². The van der Waals surface area contributed by atoms with Crippen LogP contribution in [0.5, 0.6) is 5.75 Å². The molecule has 0 saturated carbocycles. The monoisotopic (exact) mass is 279 g/mol. The molecule has 1 aliphatic rings. The predicted octanol–water partition coefficient (Wildman–Crippen LogP) is 2.77. The number of hydrogen-bond donors (Lipinski definition) is 2. The molecule has 0 aliphatic heterocycles. The van der Waals surface area contributed by atoms with Gasteiger partial charge in [-0.05, 0) is 25.0 Å². The number of hydrogen-bond acceptors (Lipinski definition) is 4. The normalized spacial score (nSPS) is 17.4. The highest BCUT2D eigenvalue weighted by molar-refractivity contribution is 7.15. The molecule has 1 atom stereocenters. The van der Waals surface area contributed by atoms with E-state index in [9.17, 15) is 14.3 Å². The number of halogens is 1. The minimum absolute atomic E-state index is 0.145. The summed E-state index contributed by atoms with van der Waals surface area (Å²) in [5.74, 6) is -2.17. The summed E-state index contributed by atoms with van der Waals surface area (Å²) in [5, 5.41) is 18.7. The lowest BCUT2D eigenvalue weighted by atomic mass is 10.1. The Hall–Kier alpha value is -1.95. The zero-order valence-electron chi connectivity index (χ0n) is 9.76. The number of benzene rings is 1. The van der Waals surface area contributed by atoms with E-state index in [4.69, 9.17) is 5.11 Å². The smallest absolute Gasteiger partial charge is 0.312 e. The molecule has 0 fully saturated rings. The van der Waals surface area contributed by atoms with Crippen LogP contribution in [0.2, 0.25) is 0 Å². The molecule has 0 spiro atoms. The Balaban J connectivity index is 2.04. The number of carbonyl (C=O) groups is 1. The standard InChI is InChI=1S/C13H10FNO3S/c14-9-5-6(16)1-2-7(9)12-15-11-8(13(17)18)3-4-10(11)19-12/h1-2,5,8,16H,3-4H2,(H,17,18). The fourth-order valence-electron chi connectivity index (χ4n) is 2.26. The number of aromatic hydroxyl groups is 1. The van der Waals surface area contributed by atoms with Gasteiger partial charge in [-0.1, -0.05) is 0 Å². The number of thiazole rings is 1. The lowest BCUT2D eigenvalue weighted by Gasteiger charge is -2.02. The number of aliphatic carboxylic acids is 1. The van der Waals surface area contributed by atoms with Crippen molar-refractivity contribution in [2.45, 2.75) is 18.8 Å². The fourth-order valence-corrected chi connectivity index (χ4v) is 3.43. The van der Waals surface area contributed by atoms with E-state index in [2.05, 4.69) is 4.98 Å². The molecular formula is C13H10FNO3S. The summed E-state index contributed by atoms with van der Waals surface area (Å²) in [6.45, 7) is 0. The van der Waals surface area contributed by atoms with E-state index >= 15 is 0 Å². The Labute approximate surface area is 112 Å². The Morgan fingerprint density at radius 1 is 1.47 bits per heavy atom. The second-order valence-corrected chi connectivity index (χ2v) is 5.50. The van der Waals surface area contributed by atoms with Crippen molar-refractivity contribution in [1.29, 1.82) is 0 Å². The Morgan fingerprint density at radius 3 is 2.95 bits per heavy atom. The molecule has 1 aromatic carbocycles. The van der Waals surface area contributed by atoms with Gasteiger partial charge in [0.1, 0.15) is 22.5 Å². The number of aryl methyl sites for hydroxylation is 1. The van der Waals surface area contributed by atoms with E-state index in [0.29, 0.717) is 29.1 Å². The van der Waals surface area contributed by atoms with Crippen LogP contribution in [0.4, 0.5) is 4.39 Å². The van der Waals surface area contributed by atoms with Crippen molar-refractivity contribution in [2.24, 2.45) is 0 Å². The number of carboxylic acid groups (broad SMARTS) is 1. The molecule has 3 rings (SSSR count). The number of carboxylic acids is 1. The number of phenolic OH excluding ortho intramolecular Hbond substituents is 1. The van der Waals surface area contributed by atoms with Gasteiger partial charge in [0.15, 0.2) is 0 Å². The molecule has 0 amide bonds. The zero-order chi connectivity index (χ0) is 13.6. The van der Waals surface area contributed by atoms with E-state index in [1.165, 1.54) is 23.5 Å². The zero-order valence-corrected chi connectivity index (χ0v) is 10.6. The van der Waals surface area contributed by atoms with Crippen LogP contribution < -0.4 is 0 Å². The van der Waals surface area contributed by atoms with Crippen LogP contribution in [0, 0.1) is 5.82 Å². The summed E-state index contributed by atoms with van der Waals surface area (Å²) in [5.41, 5.74) is 0.848. The van der Waals surface area contributed by atoms with E-state index < -0.39 is 17.7 Å². The second-order valence-electron chi connectivity index (χ2n) is 4.42. The highest BCUT2D eigenvalue weighted by Crippen LogP contribution is 2.40. The number of nitrogens with zero attached hydrogens (tertiary/aromatic N) is 1. The molecule has 19 heavy (non-hydrogen) atoms. The van der Waals surface area contributed by atoms with Gasteiger partial charge in [0, 0.05) is 16.5 Å². The summed E-state index contributed by atoms with van der Waals surface area (Å²) >= 11 is 1.32. The van der Waals surface area contributed by atoms with E-state index in [1.807, 2.05) is 0 Å². The SMILES string of the molecule is O=C(O)C1CCc2sc(-c3ccc(O)cc3F)nc21. The third kappa shape index (κ3) is 1.98. The van der Waals surface area contributed by atoms with Gasteiger partial charge >= 0.3 is 5.97 Å². The van der Waals surface area contributed by atoms with Gasteiger partial charge in [-0.15, -0.1) is 11.3 Å². The van der Waals surface area contributed by atoms with Gasteiger partial charge in [0.25, 0.3) is 0 Å². The van der Waals surface area contributed by atoms with E-state index in [0.717, 1.165) is 10.9 Å². The molecule has 0 saturated heterocycles. The first-order chi connectivity index (χ1) is 9.06. The minimum atomic E-state index is -0.887. The van der Waals surface area contributed by atoms with Crippen LogP contribution in [-0.4, -0.2) is 21.2 Å². The quantitative estimate of drug-likeness (QED) is 0.886. The van der Waals surface area contributed by atoms with E-state index in [1.54, 1.807) is 0 Å². The van der Waals surface area contributed by atoms with Crippen LogP contribution in [0.3, 0.4) is 0 Å². The topological polar surface area (TPSA) is 70.4 Å². The van der Waals surface area contributed by atoms with Crippen LogP contribution in [0.25, 0.3) is 10.6 Å². The lowest BCUT2D eigenvalue weighted by Crippen LogP contribution is -2.08. The molecule has 1 heterocycles. The summed E-state index contributed by atoms with van der Waals surface area (Å²) in [7, 11) is 0. The Bertz CT molecular complexity index is 668. The number of fused-ring (bicyclic) bond motifs is 1. The van der Waals surface area contributed by atoms with Crippen molar-refractivity contribution in [3.05, 3.63) is 34.6 Å². The highest BCUT2D eigenvalue weighted by Gasteiger charge is 2.32. The molecule has 6 heteroatoms. The van der Waals surface area contributed by atoms with Crippen molar-refractivity contribution in [2.75, 3.05) is 0 Å². The van der Waals surface area contributed by atoms with Gasteiger partial charge in [-0.25, -0.2) is 9.37 Å². The van der Waals surface area contributed by atoms with Gasteiger partial charge in [-0.2, -0.15) is 0 Å². The predicted molar refractivity (Wildman–Crippen MR) is 67.9 cm³/mol. The first kappa shape index (κ1) is 12.1. The molecule has 0 bridgehead atoms. The van der Waals surface area contributed by atoms with Crippen LogP contribution in [0.1, 0.15) is 22.9 Å². The van der Waals surface area contributed by atoms with Crippen LogP contribution >= 0.6 is 11.3 Å². The molecule has 1 unspecified atom stereocenters. The maximum Gasteiger partial charge on any atom is 0.312 e. The minimum Gasteiger partial charge on any atom is -0.508 e.